The Morgan fingerprint density at radius 3 is 2.35 bits per heavy atom. The Morgan fingerprint density at radius 2 is 1.77 bits per heavy atom. The smallest absolute Gasteiger partial charge is 0.331 e. The summed E-state index contributed by atoms with van der Waals surface area (Å²) in [4.78, 5) is 36.6. The number of carbonyl (C=O) groups is 2. The van der Waals surface area contributed by atoms with E-state index < -0.39 is 16.4 Å². The van der Waals surface area contributed by atoms with Crippen LogP contribution in [0.2, 0.25) is 0 Å². The zero-order chi connectivity index (χ0) is 19.1. The summed E-state index contributed by atoms with van der Waals surface area (Å²) in [5, 5.41) is 10.8. The molecule has 1 heterocycles. The van der Waals surface area contributed by atoms with Gasteiger partial charge in [-0.25, -0.2) is 4.79 Å². The summed E-state index contributed by atoms with van der Waals surface area (Å²) in [7, 11) is 1.30. The van der Waals surface area contributed by atoms with Crippen LogP contribution in [-0.2, 0) is 16.1 Å². The standard InChI is InChI=1S/C19H18N2O5/c1-19(2,18(23)26-3)20-11-14-5-4-13(10-16(14)17(20)22)12-6-8-15(9-7-12)21(24)25/h4-10H,11H2,1-3H3. The van der Waals surface area contributed by atoms with Crippen molar-refractivity contribution >= 4 is 17.6 Å². The maximum atomic E-state index is 12.8. The van der Waals surface area contributed by atoms with Gasteiger partial charge in [-0.15, -0.1) is 0 Å². The highest BCUT2D eigenvalue weighted by molar-refractivity contribution is 6.02. The lowest BCUT2D eigenvalue weighted by atomic mass is 10.0. The van der Waals surface area contributed by atoms with Gasteiger partial charge in [0.1, 0.15) is 5.54 Å². The molecule has 0 saturated heterocycles. The van der Waals surface area contributed by atoms with E-state index in [0.29, 0.717) is 12.1 Å². The maximum absolute atomic E-state index is 12.8. The number of nitrogens with zero attached hydrogens (tertiary/aromatic N) is 2. The van der Waals surface area contributed by atoms with Gasteiger partial charge >= 0.3 is 5.97 Å². The van der Waals surface area contributed by atoms with Crippen molar-refractivity contribution in [1.29, 1.82) is 0 Å². The van der Waals surface area contributed by atoms with Crippen molar-refractivity contribution in [3.8, 4) is 11.1 Å². The molecule has 0 aromatic heterocycles. The summed E-state index contributed by atoms with van der Waals surface area (Å²) >= 11 is 0. The molecule has 0 unspecified atom stereocenters. The molecule has 1 amide bonds. The van der Waals surface area contributed by atoms with Gasteiger partial charge in [-0.2, -0.15) is 0 Å². The van der Waals surface area contributed by atoms with E-state index in [9.17, 15) is 19.7 Å². The summed E-state index contributed by atoms with van der Waals surface area (Å²) in [5.41, 5.74) is 1.85. The summed E-state index contributed by atoms with van der Waals surface area (Å²) in [6.07, 6.45) is 0. The SMILES string of the molecule is COC(=O)C(C)(C)N1Cc2ccc(-c3ccc([N+](=O)[O-])cc3)cc2C1=O. The number of ether oxygens (including phenoxy) is 1. The van der Waals surface area contributed by atoms with E-state index in [1.54, 1.807) is 32.0 Å². The van der Waals surface area contributed by atoms with Crippen LogP contribution in [0.25, 0.3) is 11.1 Å². The number of benzene rings is 2. The highest BCUT2D eigenvalue weighted by Gasteiger charge is 2.43. The van der Waals surface area contributed by atoms with Gasteiger partial charge in [-0.05, 0) is 48.7 Å². The molecule has 0 N–H and O–H groups in total. The van der Waals surface area contributed by atoms with E-state index >= 15 is 0 Å². The van der Waals surface area contributed by atoms with Gasteiger partial charge in [0.2, 0.25) is 0 Å². The normalized spacial score (nSPS) is 13.5. The number of carbonyl (C=O) groups excluding carboxylic acids is 2. The summed E-state index contributed by atoms with van der Waals surface area (Å²) in [6, 6.07) is 11.6. The van der Waals surface area contributed by atoms with Crippen LogP contribution in [-0.4, -0.2) is 34.3 Å². The minimum Gasteiger partial charge on any atom is -0.467 e. The summed E-state index contributed by atoms with van der Waals surface area (Å²) in [5.74, 6) is -0.714. The third kappa shape index (κ3) is 2.81. The molecule has 7 heteroatoms. The van der Waals surface area contributed by atoms with Crippen LogP contribution in [0.3, 0.4) is 0 Å². The number of esters is 1. The number of rotatable bonds is 4. The molecule has 3 rings (SSSR count). The predicted octanol–water partition coefficient (Wildman–Crippen LogP) is 3.17. The first-order chi connectivity index (χ1) is 12.3. The monoisotopic (exact) mass is 354 g/mol. The van der Waals surface area contributed by atoms with Crippen LogP contribution in [0.15, 0.2) is 42.5 Å². The van der Waals surface area contributed by atoms with Gasteiger partial charge in [0.25, 0.3) is 11.6 Å². The lowest BCUT2D eigenvalue weighted by Crippen LogP contribution is -2.50. The van der Waals surface area contributed by atoms with Gasteiger partial charge in [-0.3, -0.25) is 14.9 Å². The van der Waals surface area contributed by atoms with Crippen LogP contribution in [0.5, 0.6) is 0 Å². The molecule has 0 fully saturated rings. The van der Waals surface area contributed by atoms with E-state index in [0.717, 1.165) is 16.7 Å². The third-order valence-corrected chi connectivity index (χ3v) is 4.69. The fraction of sp³-hybridized carbons (Fsp3) is 0.263. The number of nitro benzene ring substituents is 1. The first-order valence-corrected chi connectivity index (χ1v) is 8.04. The maximum Gasteiger partial charge on any atom is 0.331 e. The minimum atomic E-state index is -1.07. The molecule has 0 radical (unpaired) electrons. The Kier molecular flexibility index (Phi) is 4.23. The number of amides is 1. The second-order valence-corrected chi connectivity index (χ2v) is 6.62. The van der Waals surface area contributed by atoms with Crippen LogP contribution in [0.4, 0.5) is 5.69 Å². The quantitative estimate of drug-likeness (QED) is 0.478. The van der Waals surface area contributed by atoms with Crippen LogP contribution < -0.4 is 0 Å². The average molecular weight is 354 g/mol. The highest BCUT2D eigenvalue weighted by atomic mass is 16.6. The molecule has 0 bridgehead atoms. The lowest BCUT2D eigenvalue weighted by Gasteiger charge is -2.32. The first-order valence-electron chi connectivity index (χ1n) is 8.04. The molecule has 26 heavy (non-hydrogen) atoms. The molecule has 2 aromatic carbocycles. The van der Waals surface area contributed by atoms with Crippen LogP contribution in [0, 0.1) is 10.1 Å². The Balaban J connectivity index is 1.93. The summed E-state index contributed by atoms with van der Waals surface area (Å²) in [6.45, 7) is 3.64. The van der Waals surface area contributed by atoms with Crippen LogP contribution >= 0.6 is 0 Å². The Hall–Kier alpha value is -3.22. The van der Waals surface area contributed by atoms with Crippen molar-refractivity contribution in [1.82, 2.24) is 4.90 Å². The second-order valence-electron chi connectivity index (χ2n) is 6.62. The topological polar surface area (TPSA) is 89.8 Å². The van der Waals surface area contributed by atoms with E-state index in [4.69, 9.17) is 4.74 Å². The van der Waals surface area contributed by atoms with E-state index in [2.05, 4.69) is 0 Å². The van der Waals surface area contributed by atoms with Crippen molar-refractivity contribution in [2.24, 2.45) is 0 Å². The number of fused-ring (bicyclic) bond motifs is 1. The molecular weight excluding hydrogens is 336 g/mol. The molecule has 1 aliphatic heterocycles. The molecule has 0 aliphatic carbocycles. The number of methoxy groups -OCH3 is 1. The summed E-state index contributed by atoms with van der Waals surface area (Å²) < 4.78 is 4.81. The van der Waals surface area contributed by atoms with E-state index in [1.807, 2.05) is 12.1 Å². The van der Waals surface area contributed by atoms with Gasteiger partial charge in [0.05, 0.1) is 12.0 Å². The second kappa shape index (κ2) is 6.25. The van der Waals surface area contributed by atoms with Crippen molar-refractivity contribution in [3.05, 3.63) is 63.7 Å². The van der Waals surface area contributed by atoms with Gasteiger partial charge in [0, 0.05) is 24.2 Å². The predicted molar refractivity (Wildman–Crippen MR) is 94.5 cm³/mol. The minimum absolute atomic E-state index is 0.0111. The Morgan fingerprint density at radius 1 is 1.15 bits per heavy atom. The zero-order valence-corrected chi connectivity index (χ0v) is 14.7. The fourth-order valence-corrected chi connectivity index (χ4v) is 3.07. The molecule has 1 aliphatic rings. The highest BCUT2D eigenvalue weighted by Crippen LogP contribution is 2.33. The number of hydrogen-bond donors (Lipinski definition) is 0. The molecule has 0 atom stereocenters. The van der Waals surface area contributed by atoms with Gasteiger partial charge in [0.15, 0.2) is 0 Å². The Bertz CT molecular complexity index is 903. The molecule has 0 spiro atoms. The lowest BCUT2D eigenvalue weighted by molar-refractivity contribution is -0.384. The number of nitro groups is 1. The van der Waals surface area contributed by atoms with Crippen molar-refractivity contribution < 1.29 is 19.2 Å². The molecule has 134 valence electrons. The fourth-order valence-electron chi connectivity index (χ4n) is 3.07. The van der Waals surface area contributed by atoms with Crippen molar-refractivity contribution in [2.75, 3.05) is 7.11 Å². The molecule has 7 nitrogen and oxygen atoms in total. The molecule has 2 aromatic rings. The van der Waals surface area contributed by atoms with Gasteiger partial charge in [-0.1, -0.05) is 12.1 Å². The first kappa shape index (κ1) is 17.6. The third-order valence-electron chi connectivity index (χ3n) is 4.69. The largest absolute Gasteiger partial charge is 0.467 e. The zero-order valence-electron chi connectivity index (χ0n) is 14.7. The van der Waals surface area contributed by atoms with Crippen molar-refractivity contribution in [2.45, 2.75) is 25.9 Å². The van der Waals surface area contributed by atoms with E-state index in [1.165, 1.54) is 24.1 Å². The number of hydrogen-bond acceptors (Lipinski definition) is 5. The molecule has 0 saturated carbocycles. The number of non-ortho nitro benzene ring substituents is 1. The van der Waals surface area contributed by atoms with Gasteiger partial charge < -0.3 is 9.64 Å². The molecular formula is C19H18N2O5. The van der Waals surface area contributed by atoms with Crippen molar-refractivity contribution in [3.63, 3.8) is 0 Å². The van der Waals surface area contributed by atoms with Crippen LogP contribution in [0.1, 0.15) is 29.8 Å². The average Bonchev–Trinajstić information content (AvgIpc) is 2.98. The van der Waals surface area contributed by atoms with E-state index in [-0.39, 0.29) is 11.6 Å². The Labute approximate surface area is 150 Å².